The van der Waals surface area contributed by atoms with Crippen molar-refractivity contribution in [2.75, 3.05) is 28.4 Å². The van der Waals surface area contributed by atoms with Crippen LogP contribution in [0.1, 0.15) is 24.8 Å². The largest absolute Gasteiger partial charge is 0.399 e. The zero-order valence-corrected chi connectivity index (χ0v) is 14.6. The summed E-state index contributed by atoms with van der Waals surface area (Å²) in [4.78, 5) is 2.47. The van der Waals surface area contributed by atoms with Crippen LogP contribution in [0, 0.1) is 6.92 Å². The van der Waals surface area contributed by atoms with Gasteiger partial charge in [0.15, 0.2) is 0 Å². The lowest BCUT2D eigenvalue weighted by molar-refractivity contribution is 0.578. The molecule has 0 radical (unpaired) electrons. The van der Waals surface area contributed by atoms with Gasteiger partial charge in [-0.3, -0.25) is 4.72 Å². The Balaban J connectivity index is 1.93. The van der Waals surface area contributed by atoms with Gasteiger partial charge in [-0.2, -0.15) is 0 Å². The number of piperidine rings is 1. The number of nitrogens with two attached hydrogens (primary N) is 1. The number of hydrogen-bond donors (Lipinski definition) is 2. The van der Waals surface area contributed by atoms with Gasteiger partial charge < -0.3 is 10.6 Å². The van der Waals surface area contributed by atoms with Gasteiger partial charge >= 0.3 is 0 Å². The molecule has 1 saturated heterocycles. The maximum Gasteiger partial charge on any atom is 0.261 e. The molecule has 3 N–H and O–H groups in total. The van der Waals surface area contributed by atoms with Crippen molar-refractivity contribution in [2.24, 2.45) is 0 Å². The molecule has 24 heavy (non-hydrogen) atoms. The van der Waals surface area contributed by atoms with E-state index in [0.29, 0.717) is 11.4 Å². The summed E-state index contributed by atoms with van der Waals surface area (Å²) < 4.78 is 28.1. The summed E-state index contributed by atoms with van der Waals surface area (Å²) in [5.41, 5.74) is 8.87. The number of aryl methyl sites for hydroxylation is 1. The summed E-state index contributed by atoms with van der Waals surface area (Å²) in [7, 11) is -3.64. The van der Waals surface area contributed by atoms with E-state index >= 15 is 0 Å². The Morgan fingerprint density at radius 2 is 1.67 bits per heavy atom. The second-order valence-electron chi connectivity index (χ2n) is 6.24. The second-order valence-corrected chi connectivity index (χ2v) is 7.93. The molecule has 2 aromatic rings. The Morgan fingerprint density at radius 3 is 2.33 bits per heavy atom. The number of nitrogens with zero attached hydrogens (tertiary/aromatic N) is 1. The predicted molar refractivity (Wildman–Crippen MR) is 98.9 cm³/mol. The van der Waals surface area contributed by atoms with E-state index in [1.807, 2.05) is 19.1 Å². The Kier molecular flexibility index (Phi) is 4.66. The van der Waals surface area contributed by atoms with E-state index in [9.17, 15) is 8.42 Å². The number of sulfonamides is 1. The molecule has 5 nitrogen and oxygen atoms in total. The molecule has 0 spiro atoms. The monoisotopic (exact) mass is 345 g/mol. The van der Waals surface area contributed by atoms with Crippen LogP contribution in [0.3, 0.4) is 0 Å². The minimum absolute atomic E-state index is 0.250. The highest BCUT2D eigenvalue weighted by Crippen LogP contribution is 2.32. The quantitative estimate of drug-likeness (QED) is 0.833. The maximum absolute atomic E-state index is 12.7. The molecule has 0 atom stereocenters. The molecule has 2 aromatic carbocycles. The smallest absolute Gasteiger partial charge is 0.261 e. The van der Waals surface area contributed by atoms with Gasteiger partial charge in [0.1, 0.15) is 0 Å². The third-order valence-corrected chi connectivity index (χ3v) is 5.67. The van der Waals surface area contributed by atoms with Crippen molar-refractivity contribution in [3.05, 3.63) is 48.0 Å². The van der Waals surface area contributed by atoms with E-state index in [-0.39, 0.29) is 4.90 Å². The van der Waals surface area contributed by atoms with Gasteiger partial charge in [0.25, 0.3) is 10.0 Å². The van der Waals surface area contributed by atoms with Gasteiger partial charge in [0.2, 0.25) is 0 Å². The van der Waals surface area contributed by atoms with Crippen LogP contribution in [0.4, 0.5) is 17.1 Å². The first kappa shape index (κ1) is 16.6. The highest BCUT2D eigenvalue weighted by molar-refractivity contribution is 7.92. The number of nitrogen functional groups attached to an aromatic ring is 1. The van der Waals surface area contributed by atoms with Gasteiger partial charge in [-0.15, -0.1) is 0 Å². The van der Waals surface area contributed by atoms with Gasteiger partial charge in [0.05, 0.1) is 16.3 Å². The summed E-state index contributed by atoms with van der Waals surface area (Å²) in [6.45, 7) is 3.79. The molecule has 6 heteroatoms. The Bertz CT molecular complexity index is 811. The third-order valence-electron chi connectivity index (χ3n) is 4.29. The molecule has 128 valence electrons. The second kappa shape index (κ2) is 6.73. The van der Waals surface area contributed by atoms with Crippen LogP contribution in [0.2, 0.25) is 0 Å². The van der Waals surface area contributed by atoms with E-state index < -0.39 is 10.0 Å². The molecule has 1 heterocycles. The van der Waals surface area contributed by atoms with Crippen LogP contribution in [0.25, 0.3) is 0 Å². The van der Waals surface area contributed by atoms with Crippen molar-refractivity contribution in [1.29, 1.82) is 0 Å². The SMILES string of the molecule is Cc1ccc(S(=O)(=O)Nc2cc(N)ccc2N2CCCCC2)cc1. The maximum atomic E-state index is 12.7. The van der Waals surface area contributed by atoms with E-state index in [4.69, 9.17) is 5.73 Å². The van der Waals surface area contributed by atoms with Crippen LogP contribution >= 0.6 is 0 Å². The molecule has 1 aliphatic rings. The molecule has 3 rings (SSSR count). The van der Waals surface area contributed by atoms with E-state index in [2.05, 4.69) is 9.62 Å². The summed E-state index contributed by atoms with van der Waals surface area (Å²) in [6, 6.07) is 12.2. The molecular weight excluding hydrogens is 322 g/mol. The Labute approximate surface area is 143 Å². The lowest BCUT2D eigenvalue weighted by Gasteiger charge is -2.30. The Morgan fingerprint density at radius 1 is 1.00 bits per heavy atom. The zero-order valence-electron chi connectivity index (χ0n) is 13.8. The van der Waals surface area contributed by atoms with Gasteiger partial charge in [-0.1, -0.05) is 17.7 Å². The van der Waals surface area contributed by atoms with Crippen LogP contribution < -0.4 is 15.4 Å². The molecule has 0 aromatic heterocycles. The van der Waals surface area contributed by atoms with Crippen molar-refractivity contribution in [1.82, 2.24) is 0 Å². The lowest BCUT2D eigenvalue weighted by atomic mass is 10.1. The van der Waals surface area contributed by atoms with Gasteiger partial charge in [-0.25, -0.2) is 8.42 Å². The highest BCUT2D eigenvalue weighted by atomic mass is 32.2. The number of benzene rings is 2. The van der Waals surface area contributed by atoms with Crippen molar-refractivity contribution < 1.29 is 8.42 Å². The molecule has 0 unspecified atom stereocenters. The van der Waals surface area contributed by atoms with Crippen LogP contribution in [-0.4, -0.2) is 21.5 Å². The fourth-order valence-corrected chi connectivity index (χ4v) is 4.03. The molecule has 0 bridgehead atoms. The van der Waals surface area contributed by atoms with Crippen molar-refractivity contribution in [2.45, 2.75) is 31.1 Å². The van der Waals surface area contributed by atoms with Crippen LogP contribution in [0.15, 0.2) is 47.4 Å². The first-order valence-electron chi connectivity index (χ1n) is 8.20. The topological polar surface area (TPSA) is 75.4 Å². The molecular formula is C18H23N3O2S. The number of rotatable bonds is 4. The average Bonchev–Trinajstić information content (AvgIpc) is 2.56. The standard InChI is InChI=1S/C18H23N3O2S/c1-14-5-8-16(9-6-14)24(22,23)20-17-13-15(19)7-10-18(17)21-11-3-2-4-12-21/h5-10,13,20H,2-4,11-12,19H2,1H3. The minimum Gasteiger partial charge on any atom is -0.399 e. The van der Waals surface area contributed by atoms with Gasteiger partial charge in [-0.05, 0) is 56.5 Å². The normalized spacial score (nSPS) is 15.3. The minimum atomic E-state index is -3.64. The van der Waals surface area contributed by atoms with E-state index in [0.717, 1.165) is 37.2 Å². The Hall–Kier alpha value is -2.21. The average molecular weight is 345 g/mol. The number of nitrogens with one attached hydrogen (secondary N) is 1. The molecule has 0 amide bonds. The first-order valence-corrected chi connectivity index (χ1v) is 9.68. The number of anilines is 3. The van der Waals surface area contributed by atoms with E-state index in [1.165, 1.54) is 6.42 Å². The van der Waals surface area contributed by atoms with Crippen LogP contribution in [-0.2, 0) is 10.0 Å². The summed E-state index contributed by atoms with van der Waals surface area (Å²) in [5.74, 6) is 0. The molecule has 1 fully saturated rings. The first-order chi connectivity index (χ1) is 11.5. The fraction of sp³-hybridized carbons (Fsp3) is 0.333. The van der Waals surface area contributed by atoms with Crippen LogP contribution in [0.5, 0.6) is 0 Å². The van der Waals surface area contributed by atoms with Gasteiger partial charge in [0, 0.05) is 18.8 Å². The molecule has 1 aliphatic heterocycles. The zero-order chi connectivity index (χ0) is 17.2. The lowest BCUT2D eigenvalue weighted by Crippen LogP contribution is -2.30. The summed E-state index contributed by atoms with van der Waals surface area (Å²) >= 11 is 0. The number of hydrogen-bond acceptors (Lipinski definition) is 4. The van der Waals surface area contributed by atoms with Crippen molar-refractivity contribution in [3.63, 3.8) is 0 Å². The highest BCUT2D eigenvalue weighted by Gasteiger charge is 2.20. The van der Waals surface area contributed by atoms with E-state index in [1.54, 1.807) is 30.3 Å². The molecule has 0 saturated carbocycles. The summed E-state index contributed by atoms with van der Waals surface area (Å²) in [6.07, 6.45) is 3.46. The van der Waals surface area contributed by atoms with Crippen molar-refractivity contribution in [3.8, 4) is 0 Å². The predicted octanol–water partition coefficient (Wildman–Crippen LogP) is 3.37. The third kappa shape index (κ3) is 3.64. The molecule has 0 aliphatic carbocycles. The fourth-order valence-electron chi connectivity index (χ4n) is 2.97. The van der Waals surface area contributed by atoms with Crippen molar-refractivity contribution >= 4 is 27.1 Å². The summed E-state index contributed by atoms with van der Waals surface area (Å²) in [5, 5.41) is 0.